The van der Waals surface area contributed by atoms with Gasteiger partial charge in [0.15, 0.2) is 16.7 Å². The summed E-state index contributed by atoms with van der Waals surface area (Å²) >= 11 is 0.916. The van der Waals surface area contributed by atoms with E-state index in [4.69, 9.17) is 9.47 Å². The van der Waals surface area contributed by atoms with Crippen molar-refractivity contribution in [3.63, 3.8) is 0 Å². The molecule has 0 saturated carbocycles. The van der Waals surface area contributed by atoms with Crippen LogP contribution in [0, 0.1) is 0 Å². The molecule has 166 valence electrons. The zero-order chi connectivity index (χ0) is 23.0. The molecule has 1 saturated heterocycles. The van der Waals surface area contributed by atoms with Crippen LogP contribution in [0.1, 0.15) is 24.3 Å². The Labute approximate surface area is 182 Å². The molecule has 2 rings (SSSR count). The average molecular weight is 450 g/mol. The molecular formula is C19H22N4O7S. The highest BCUT2D eigenvalue weighted by atomic mass is 32.2. The minimum absolute atomic E-state index is 0.0496. The van der Waals surface area contributed by atoms with Crippen molar-refractivity contribution in [3.8, 4) is 0 Å². The number of thioether (sulfide) groups is 1. The van der Waals surface area contributed by atoms with E-state index in [1.54, 1.807) is 13.8 Å². The number of methoxy groups -OCH3 is 1. The number of amides is 1. The summed E-state index contributed by atoms with van der Waals surface area (Å²) in [5, 5.41) is 0.173. The van der Waals surface area contributed by atoms with Crippen LogP contribution in [0.3, 0.4) is 0 Å². The van der Waals surface area contributed by atoms with Crippen molar-refractivity contribution in [2.75, 3.05) is 26.9 Å². The summed E-state index contributed by atoms with van der Waals surface area (Å²) in [6.45, 7) is 7.04. The van der Waals surface area contributed by atoms with Gasteiger partial charge in [-0.25, -0.2) is 19.6 Å². The Kier molecular flexibility index (Phi) is 8.55. The van der Waals surface area contributed by atoms with Gasteiger partial charge in [0.1, 0.15) is 6.54 Å². The molecule has 1 aromatic heterocycles. The first-order valence-electron chi connectivity index (χ1n) is 9.22. The van der Waals surface area contributed by atoms with Gasteiger partial charge in [-0.15, -0.1) is 6.58 Å². The second kappa shape index (κ2) is 11.1. The van der Waals surface area contributed by atoms with Crippen molar-refractivity contribution >= 4 is 46.6 Å². The van der Waals surface area contributed by atoms with Crippen LogP contribution in [-0.4, -0.2) is 70.3 Å². The molecule has 0 bridgehead atoms. The molecule has 1 aliphatic heterocycles. The van der Waals surface area contributed by atoms with Gasteiger partial charge in [0, 0.05) is 12.6 Å². The Hall–Kier alpha value is -3.41. The maximum Gasteiger partial charge on any atom is 0.358 e. The van der Waals surface area contributed by atoms with E-state index in [9.17, 15) is 19.2 Å². The van der Waals surface area contributed by atoms with Crippen LogP contribution >= 0.6 is 11.8 Å². The van der Waals surface area contributed by atoms with Crippen LogP contribution in [0.25, 0.3) is 0 Å². The number of carbonyl (C=O) groups excluding carboxylic acids is 4. The van der Waals surface area contributed by atoms with Crippen molar-refractivity contribution in [2.45, 2.75) is 20.4 Å². The lowest BCUT2D eigenvalue weighted by molar-refractivity contribution is -0.143. The van der Waals surface area contributed by atoms with Gasteiger partial charge < -0.3 is 18.8 Å². The fourth-order valence-electron chi connectivity index (χ4n) is 2.47. The lowest BCUT2D eigenvalue weighted by Gasteiger charge is -2.12. The number of amidine groups is 1. The van der Waals surface area contributed by atoms with E-state index in [-0.39, 0.29) is 47.9 Å². The molecule has 0 radical (unpaired) electrons. The Morgan fingerprint density at radius 1 is 1.26 bits per heavy atom. The Bertz CT molecular complexity index is 951. The Balaban J connectivity index is 2.49. The highest BCUT2D eigenvalue weighted by Gasteiger charge is 2.34. The van der Waals surface area contributed by atoms with E-state index in [0.29, 0.717) is 0 Å². The highest BCUT2D eigenvalue weighted by Crippen LogP contribution is 2.33. The molecule has 0 aromatic carbocycles. The molecule has 2 heterocycles. The third kappa shape index (κ3) is 5.81. The summed E-state index contributed by atoms with van der Waals surface area (Å²) in [6.07, 6.45) is 3.80. The van der Waals surface area contributed by atoms with Crippen LogP contribution < -0.4 is 0 Å². The third-order valence-electron chi connectivity index (χ3n) is 3.74. The summed E-state index contributed by atoms with van der Waals surface area (Å²) in [5.41, 5.74) is -0.0700. The predicted octanol–water partition coefficient (Wildman–Crippen LogP) is 1.43. The zero-order valence-corrected chi connectivity index (χ0v) is 18.1. The molecule has 0 aliphatic carbocycles. The van der Waals surface area contributed by atoms with E-state index >= 15 is 0 Å². The first-order valence-corrected chi connectivity index (χ1v) is 10.0. The minimum Gasteiger partial charge on any atom is -0.466 e. The normalized spacial score (nSPS) is 16.0. The first kappa shape index (κ1) is 23.9. The number of ether oxygens (including phenoxy) is 3. The fourth-order valence-corrected chi connectivity index (χ4v) is 3.41. The number of aromatic nitrogens is 2. The first-order chi connectivity index (χ1) is 14.9. The monoisotopic (exact) mass is 450 g/mol. The second-order valence-corrected chi connectivity index (χ2v) is 6.81. The molecule has 0 spiro atoms. The molecule has 11 nitrogen and oxygen atoms in total. The van der Waals surface area contributed by atoms with E-state index in [0.717, 1.165) is 17.8 Å². The van der Waals surface area contributed by atoms with Gasteiger partial charge in [-0.1, -0.05) is 6.08 Å². The van der Waals surface area contributed by atoms with E-state index in [1.165, 1.54) is 29.0 Å². The molecule has 31 heavy (non-hydrogen) atoms. The Morgan fingerprint density at radius 3 is 2.58 bits per heavy atom. The van der Waals surface area contributed by atoms with E-state index in [1.807, 2.05) is 0 Å². The number of nitrogens with zero attached hydrogens (tertiary/aromatic N) is 4. The summed E-state index contributed by atoms with van der Waals surface area (Å²) in [6, 6.07) is 0. The maximum atomic E-state index is 12.6. The molecular weight excluding hydrogens is 428 g/mol. The summed E-state index contributed by atoms with van der Waals surface area (Å²) in [7, 11) is 1.20. The average Bonchev–Trinajstić information content (AvgIpc) is 3.24. The lowest BCUT2D eigenvalue weighted by Crippen LogP contribution is -2.29. The van der Waals surface area contributed by atoms with Crippen molar-refractivity contribution in [1.29, 1.82) is 0 Å². The fraction of sp³-hybridized carbons (Fsp3) is 0.368. The van der Waals surface area contributed by atoms with Gasteiger partial charge in [-0.05, 0) is 25.6 Å². The SMILES string of the molecule is C=CCN1C(=O)/C(=C\C(=O)OC)SC1=Nc1ncn(CC(=O)OCC)c1C(=O)OCC. The Morgan fingerprint density at radius 2 is 1.97 bits per heavy atom. The molecule has 0 N–H and O–H groups in total. The number of rotatable bonds is 9. The highest BCUT2D eigenvalue weighted by molar-refractivity contribution is 8.18. The number of carbonyl (C=O) groups is 4. The number of hydrogen-bond donors (Lipinski definition) is 0. The molecule has 12 heteroatoms. The largest absolute Gasteiger partial charge is 0.466 e. The quantitative estimate of drug-likeness (QED) is 0.237. The summed E-state index contributed by atoms with van der Waals surface area (Å²) in [4.78, 5) is 58.3. The van der Waals surface area contributed by atoms with E-state index < -0.39 is 23.8 Å². The number of imidazole rings is 1. The van der Waals surface area contributed by atoms with Crippen molar-refractivity contribution in [2.24, 2.45) is 4.99 Å². The van der Waals surface area contributed by atoms with Crippen molar-refractivity contribution in [3.05, 3.63) is 35.7 Å². The van der Waals surface area contributed by atoms with Gasteiger partial charge in [0.05, 0.1) is 31.6 Å². The van der Waals surface area contributed by atoms with Gasteiger partial charge in [0.25, 0.3) is 5.91 Å². The van der Waals surface area contributed by atoms with Gasteiger partial charge in [-0.2, -0.15) is 0 Å². The number of aliphatic imine (C=N–C) groups is 1. The van der Waals surface area contributed by atoms with Crippen molar-refractivity contribution < 1.29 is 33.4 Å². The minimum atomic E-state index is -0.737. The summed E-state index contributed by atoms with van der Waals surface area (Å²) < 4.78 is 15.8. The lowest BCUT2D eigenvalue weighted by atomic mass is 10.4. The predicted molar refractivity (Wildman–Crippen MR) is 112 cm³/mol. The summed E-state index contributed by atoms with van der Waals surface area (Å²) in [5.74, 6) is -2.52. The third-order valence-corrected chi connectivity index (χ3v) is 4.75. The van der Waals surface area contributed by atoms with Gasteiger partial charge in [0.2, 0.25) is 0 Å². The van der Waals surface area contributed by atoms with Crippen LogP contribution in [0.5, 0.6) is 0 Å². The zero-order valence-electron chi connectivity index (χ0n) is 17.3. The van der Waals surface area contributed by atoms with Gasteiger partial charge in [-0.3, -0.25) is 14.5 Å². The van der Waals surface area contributed by atoms with Gasteiger partial charge >= 0.3 is 17.9 Å². The number of esters is 3. The van der Waals surface area contributed by atoms with Crippen LogP contribution in [0.15, 0.2) is 35.0 Å². The molecule has 1 fully saturated rings. The molecule has 1 amide bonds. The molecule has 0 unspecified atom stereocenters. The van der Waals surface area contributed by atoms with Crippen LogP contribution in [-0.2, 0) is 35.1 Å². The van der Waals surface area contributed by atoms with Crippen LogP contribution in [0.2, 0.25) is 0 Å². The standard InChI is InChI=1S/C19H22N4O7S/c1-5-8-23-17(26)12(9-13(24)28-4)31-19(23)21-16-15(18(27)30-7-3)22(11-20-16)10-14(25)29-6-2/h5,9,11H,1,6-8,10H2,2-4H3/b12-9+,21-19?. The second-order valence-electron chi connectivity index (χ2n) is 5.80. The molecule has 0 atom stereocenters. The van der Waals surface area contributed by atoms with E-state index in [2.05, 4.69) is 21.3 Å². The molecule has 1 aromatic rings. The van der Waals surface area contributed by atoms with Crippen LogP contribution in [0.4, 0.5) is 5.82 Å². The maximum absolute atomic E-state index is 12.6. The number of hydrogen-bond acceptors (Lipinski definition) is 10. The smallest absolute Gasteiger partial charge is 0.358 e. The van der Waals surface area contributed by atoms with Crippen molar-refractivity contribution in [1.82, 2.24) is 14.5 Å². The molecule has 1 aliphatic rings. The topological polar surface area (TPSA) is 129 Å².